The van der Waals surface area contributed by atoms with E-state index in [1.54, 1.807) is 7.11 Å². The zero-order valence-corrected chi connectivity index (χ0v) is 11.7. The highest BCUT2D eigenvalue weighted by atomic mass is 16.5. The van der Waals surface area contributed by atoms with E-state index < -0.39 is 11.9 Å². The minimum atomic E-state index is -1.82. The first-order valence-corrected chi connectivity index (χ1v) is 6.70. The fraction of sp³-hybridized carbons (Fsp3) is 0.500. The van der Waals surface area contributed by atoms with Gasteiger partial charge in [-0.3, -0.25) is 0 Å². The summed E-state index contributed by atoms with van der Waals surface area (Å²) in [5.41, 5.74) is 1.21. The van der Waals surface area contributed by atoms with Gasteiger partial charge in [-0.1, -0.05) is 6.07 Å². The van der Waals surface area contributed by atoms with E-state index in [1.807, 2.05) is 12.1 Å². The van der Waals surface area contributed by atoms with Crippen LogP contribution in [0.2, 0.25) is 0 Å². The number of carbonyl (C=O) groups is 2. The van der Waals surface area contributed by atoms with Gasteiger partial charge in [0.15, 0.2) is 0 Å². The number of nitrogens with zero attached hydrogens (tertiary/aromatic N) is 2. The molecule has 2 aliphatic rings. The lowest BCUT2D eigenvalue weighted by atomic mass is 9.89. The predicted molar refractivity (Wildman–Crippen MR) is 73.3 cm³/mol. The SMILES string of the molecule is COc1cccc(C2CN3CCC2C3)n1.O=C(O)C(=O)O. The molecule has 2 N–H and O–H groups in total. The van der Waals surface area contributed by atoms with Gasteiger partial charge in [-0.05, 0) is 24.9 Å². The highest BCUT2D eigenvalue weighted by Crippen LogP contribution is 2.39. The molecule has 3 unspecified atom stereocenters. The number of ether oxygens (including phenoxy) is 1. The molecule has 3 atom stereocenters. The van der Waals surface area contributed by atoms with Crippen molar-refractivity contribution in [2.75, 3.05) is 26.7 Å². The molecular formula is C14H18N2O5. The second kappa shape index (κ2) is 6.53. The van der Waals surface area contributed by atoms with E-state index in [0.717, 1.165) is 11.8 Å². The van der Waals surface area contributed by atoms with Crippen LogP contribution in [-0.4, -0.2) is 58.8 Å². The van der Waals surface area contributed by atoms with Gasteiger partial charge in [0.2, 0.25) is 5.88 Å². The molecule has 1 aromatic heterocycles. The summed E-state index contributed by atoms with van der Waals surface area (Å²) < 4.78 is 5.17. The van der Waals surface area contributed by atoms with Crippen molar-refractivity contribution in [3.63, 3.8) is 0 Å². The second-order valence-electron chi connectivity index (χ2n) is 5.13. The van der Waals surface area contributed by atoms with Gasteiger partial charge in [-0.25, -0.2) is 14.6 Å². The second-order valence-corrected chi connectivity index (χ2v) is 5.13. The van der Waals surface area contributed by atoms with Crippen LogP contribution in [0, 0.1) is 5.92 Å². The summed E-state index contributed by atoms with van der Waals surface area (Å²) in [6.45, 7) is 3.74. The largest absolute Gasteiger partial charge is 0.481 e. The lowest BCUT2D eigenvalue weighted by Gasteiger charge is -2.21. The third-order valence-electron chi connectivity index (χ3n) is 3.85. The van der Waals surface area contributed by atoms with Gasteiger partial charge in [0.05, 0.1) is 7.11 Å². The van der Waals surface area contributed by atoms with Crippen LogP contribution < -0.4 is 4.74 Å². The van der Waals surface area contributed by atoms with E-state index in [0.29, 0.717) is 5.92 Å². The molecule has 0 aromatic carbocycles. The van der Waals surface area contributed by atoms with Crippen LogP contribution in [0.5, 0.6) is 5.88 Å². The third-order valence-corrected chi connectivity index (χ3v) is 3.85. The fourth-order valence-electron chi connectivity index (χ4n) is 2.87. The van der Waals surface area contributed by atoms with Gasteiger partial charge in [0.1, 0.15) is 0 Å². The molecule has 1 aromatic rings. The first-order chi connectivity index (χ1) is 10.0. The van der Waals surface area contributed by atoms with E-state index >= 15 is 0 Å². The normalized spacial score (nSPS) is 25.9. The molecule has 21 heavy (non-hydrogen) atoms. The maximum atomic E-state index is 9.10. The zero-order valence-electron chi connectivity index (χ0n) is 11.7. The van der Waals surface area contributed by atoms with Gasteiger partial charge in [-0.15, -0.1) is 0 Å². The lowest BCUT2D eigenvalue weighted by molar-refractivity contribution is -0.159. The Balaban J connectivity index is 0.000000232. The summed E-state index contributed by atoms with van der Waals surface area (Å²) in [5, 5.41) is 14.8. The summed E-state index contributed by atoms with van der Waals surface area (Å²) in [4.78, 5) is 25.3. The van der Waals surface area contributed by atoms with E-state index in [4.69, 9.17) is 24.5 Å². The Bertz CT molecular complexity index is 522. The van der Waals surface area contributed by atoms with Crippen molar-refractivity contribution in [1.82, 2.24) is 9.88 Å². The number of methoxy groups -OCH3 is 1. The summed E-state index contributed by atoms with van der Waals surface area (Å²) >= 11 is 0. The first-order valence-electron chi connectivity index (χ1n) is 6.70. The molecule has 114 valence electrons. The van der Waals surface area contributed by atoms with E-state index in [9.17, 15) is 0 Å². The summed E-state index contributed by atoms with van der Waals surface area (Å²) in [5.74, 6) is -1.45. The van der Waals surface area contributed by atoms with Crippen molar-refractivity contribution in [3.05, 3.63) is 23.9 Å². The van der Waals surface area contributed by atoms with Gasteiger partial charge in [-0.2, -0.15) is 0 Å². The van der Waals surface area contributed by atoms with Crippen LogP contribution >= 0.6 is 0 Å². The maximum Gasteiger partial charge on any atom is 0.414 e. The van der Waals surface area contributed by atoms with Crippen molar-refractivity contribution in [1.29, 1.82) is 0 Å². The van der Waals surface area contributed by atoms with Crippen LogP contribution in [0.15, 0.2) is 18.2 Å². The van der Waals surface area contributed by atoms with Crippen LogP contribution in [0.1, 0.15) is 18.0 Å². The molecule has 0 spiro atoms. The number of fused-ring (bicyclic) bond motifs is 2. The monoisotopic (exact) mass is 294 g/mol. The molecule has 0 saturated carbocycles. The number of hydrogen-bond acceptors (Lipinski definition) is 5. The van der Waals surface area contributed by atoms with E-state index in [-0.39, 0.29) is 0 Å². The lowest BCUT2D eigenvalue weighted by Crippen LogP contribution is -2.22. The third kappa shape index (κ3) is 3.69. The summed E-state index contributed by atoms with van der Waals surface area (Å²) in [6.07, 6.45) is 1.34. The number of pyridine rings is 1. The zero-order chi connectivity index (χ0) is 15.4. The Morgan fingerprint density at radius 3 is 2.48 bits per heavy atom. The molecule has 2 saturated heterocycles. The Labute approximate surface area is 122 Å². The quantitative estimate of drug-likeness (QED) is 0.773. The molecule has 7 nitrogen and oxygen atoms in total. The van der Waals surface area contributed by atoms with E-state index in [2.05, 4.69) is 16.0 Å². The fourth-order valence-corrected chi connectivity index (χ4v) is 2.87. The standard InChI is InChI=1S/C12H16N2O.C2H2O4/c1-15-12-4-2-3-11(13-12)10-8-14-6-5-9(10)7-14;3-1(4)2(5)6/h2-4,9-10H,5-8H2,1H3;(H,3,4)(H,5,6). The van der Waals surface area contributed by atoms with Crippen LogP contribution in [0.25, 0.3) is 0 Å². The Kier molecular flexibility index (Phi) is 4.74. The van der Waals surface area contributed by atoms with Crippen molar-refractivity contribution in [3.8, 4) is 5.88 Å². The molecule has 0 radical (unpaired) electrons. The Hall–Kier alpha value is -2.15. The number of carboxylic acids is 2. The smallest absolute Gasteiger partial charge is 0.414 e. The first kappa shape index (κ1) is 15.2. The van der Waals surface area contributed by atoms with Crippen molar-refractivity contribution in [2.45, 2.75) is 12.3 Å². The summed E-state index contributed by atoms with van der Waals surface area (Å²) in [6, 6.07) is 6.09. The van der Waals surface area contributed by atoms with Gasteiger partial charge in [0.25, 0.3) is 0 Å². The number of hydrogen-bond donors (Lipinski definition) is 2. The minimum absolute atomic E-state index is 0.633. The van der Waals surface area contributed by atoms with Crippen molar-refractivity contribution >= 4 is 11.9 Å². The highest BCUT2D eigenvalue weighted by molar-refractivity contribution is 6.27. The number of rotatable bonds is 2. The molecule has 2 bridgehead atoms. The van der Waals surface area contributed by atoms with E-state index in [1.165, 1.54) is 31.7 Å². The molecule has 3 heterocycles. The molecule has 2 aliphatic heterocycles. The number of aromatic nitrogens is 1. The molecule has 7 heteroatoms. The van der Waals surface area contributed by atoms with Crippen molar-refractivity contribution < 1.29 is 24.5 Å². The van der Waals surface area contributed by atoms with Crippen LogP contribution in [0.3, 0.4) is 0 Å². The van der Waals surface area contributed by atoms with Crippen molar-refractivity contribution in [2.24, 2.45) is 5.92 Å². The average Bonchev–Trinajstić information content (AvgIpc) is 3.10. The topological polar surface area (TPSA) is 100.0 Å². The van der Waals surface area contributed by atoms with Gasteiger partial charge >= 0.3 is 11.9 Å². The minimum Gasteiger partial charge on any atom is -0.481 e. The molecule has 2 fully saturated rings. The Morgan fingerprint density at radius 1 is 1.29 bits per heavy atom. The number of aliphatic carboxylic acids is 2. The Morgan fingerprint density at radius 2 is 2.00 bits per heavy atom. The van der Waals surface area contributed by atoms with Gasteiger partial charge in [0, 0.05) is 30.8 Å². The number of piperidine rings is 1. The van der Waals surface area contributed by atoms with Gasteiger partial charge < -0.3 is 19.8 Å². The highest BCUT2D eigenvalue weighted by Gasteiger charge is 2.39. The van der Waals surface area contributed by atoms with Crippen LogP contribution in [0.4, 0.5) is 0 Å². The predicted octanol–water partition coefficient (Wildman–Crippen LogP) is 0.665. The molecular weight excluding hydrogens is 276 g/mol. The molecule has 0 aliphatic carbocycles. The molecule has 3 rings (SSSR count). The molecule has 0 amide bonds. The average molecular weight is 294 g/mol. The maximum absolute atomic E-state index is 9.10. The summed E-state index contributed by atoms with van der Waals surface area (Å²) in [7, 11) is 1.68. The van der Waals surface area contributed by atoms with Crippen LogP contribution in [-0.2, 0) is 9.59 Å². The number of carboxylic acid groups (broad SMARTS) is 2.